The topological polar surface area (TPSA) is 54.3 Å². The lowest BCUT2D eigenvalue weighted by Crippen LogP contribution is -2.19. The van der Waals surface area contributed by atoms with Crippen LogP contribution in [0.2, 0.25) is 5.02 Å². The molecule has 116 valence electrons. The summed E-state index contributed by atoms with van der Waals surface area (Å²) in [5, 5.41) is 7.94. The van der Waals surface area contributed by atoms with Gasteiger partial charge in [0.05, 0.1) is 10.7 Å². The summed E-state index contributed by atoms with van der Waals surface area (Å²) in [4.78, 5) is 11.5. The van der Waals surface area contributed by atoms with E-state index in [-0.39, 0.29) is 5.63 Å². The molecule has 0 aliphatic carbocycles. The number of para-hydroxylation sites is 1. The second-order valence-corrected chi connectivity index (χ2v) is 5.83. The van der Waals surface area contributed by atoms with E-state index in [1.54, 1.807) is 12.1 Å². The van der Waals surface area contributed by atoms with E-state index in [2.05, 4.69) is 10.6 Å². The molecule has 2 N–H and O–H groups in total. The molecule has 3 aromatic rings. The van der Waals surface area contributed by atoms with Gasteiger partial charge in [0.2, 0.25) is 0 Å². The molecule has 0 saturated heterocycles. The van der Waals surface area contributed by atoms with E-state index in [1.165, 1.54) is 6.07 Å². The summed E-state index contributed by atoms with van der Waals surface area (Å²) in [6.45, 7) is 1.87. The summed E-state index contributed by atoms with van der Waals surface area (Å²) >= 11 is 11.4. The van der Waals surface area contributed by atoms with Crippen LogP contribution in [0.1, 0.15) is 5.56 Å². The Morgan fingerprint density at radius 2 is 1.91 bits per heavy atom. The van der Waals surface area contributed by atoms with Gasteiger partial charge in [-0.25, -0.2) is 4.79 Å². The highest BCUT2D eigenvalue weighted by Crippen LogP contribution is 2.23. The second-order valence-electron chi connectivity index (χ2n) is 5.02. The number of thiocarbonyl (C=S) groups is 1. The molecule has 0 atom stereocenters. The molecule has 6 heteroatoms. The molecule has 23 heavy (non-hydrogen) atoms. The van der Waals surface area contributed by atoms with Crippen molar-refractivity contribution < 1.29 is 4.42 Å². The molecule has 0 amide bonds. The first-order valence-electron chi connectivity index (χ1n) is 6.90. The summed E-state index contributed by atoms with van der Waals surface area (Å²) in [6.07, 6.45) is 0. The molecule has 0 saturated carbocycles. The highest BCUT2D eigenvalue weighted by Gasteiger charge is 2.06. The number of anilines is 2. The van der Waals surface area contributed by atoms with Crippen LogP contribution >= 0.6 is 23.8 Å². The van der Waals surface area contributed by atoms with Gasteiger partial charge in [-0.2, -0.15) is 0 Å². The van der Waals surface area contributed by atoms with Gasteiger partial charge in [0, 0.05) is 23.2 Å². The molecule has 2 aromatic carbocycles. The van der Waals surface area contributed by atoms with E-state index in [1.807, 2.05) is 37.3 Å². The van der Waals surface area contributed by atoms with Crippen LogP contribution in [0.4, 0.5) is 11.4 Å². The Kier molecular flexibility index (Phi) is 4.32. The normalized spacial score (nSPS) is 10.5. The van der Waals surface area contributed by atoms with Crippen molar-refractivity contribution in [2.24, 2.45) is 0 Å². The fourth-order valence-corrected chi connectivity index (χ4v) is 2.66. The highest BCUT2D eigenvalue weighted by atomic mass is 35.5. The lowest BCUT2D eigenvalue weighted by atomic mass is 10.1. The molecule has 0 bridgehead atoms. The van der Waals surface area contributed by atoms with E-state index < -0.39 is 0 Å². The van der Waals surface area contributed by atoms with Crippen LogP contribution in [-0.4, -0.2) is 5.11 Å². The van der Waals surface area contributed by atoms with Crippen LogP contribution in [0.3, 0.4) is 0 Å². The van der Waals surface area contributed by atoms with Crippen molar-refractivity contribution in [3.8, 4) is 0 Å². The SMILES string of the molecule is Cc1cc(=O)oc2cc(NC(=S)Nc3ccccc3Cl)ccc12. The van der Waals surface area contributed by atoms with Crippen molar-refractivity contribution in [2.75, 3.05) is 10.6 Å². The highest BCUT2D eigenvalue weighted by molar-refractivity contribution is 7.80. The van der Waals surface area contributed by atoms with Crippen LogP contribution in [-0.2, 0) is 0 Å². The molecule has 1 aromatic heterocycles. The molecule has 0 radical (unpaired) electrons. The van der Waals surface area contributed by atoms with E-state index in [9.17, 15) is 4.79 Å². The molecule has 0 fully saturated rings. The van der Waals surface area contributed by atoms with Gasteiger partial charge in [0.25, 0.3) is 0 Å². The number of hydrogen-bond donors (Lipinski definition) is 2. The zero-order valence-corrected chi connectivity index (χ0v) is 13.8. The Bertz CT molecular complexity index is 953. The maximum Gasteiger partial charge on any atom is 0.336 e. The second kappa shape index (κ2) is 6.40. The molecular formula is C17H13ClN2O2S. The predicted octanol–water partition coefficient (Wildman–Crippen LogP) is 4.56. The Morgan fingerprint density at radius 3 is 2.70 bits per heavy atom. The smallest absolute Gasteiger partial charge is 0.336 e. The fourth-order valence-electron chi connectivity index (χ4n) is 2.25. The number of fused-ring (bicyclic) bond motifs is 1. The number of rotatable bonds is 2. The standard InChI is InChI=1S/C17H13ClN2O2S/c1-10-8-16(21)22-15-9-11(6-7-12(10)15)19-17(23)20-14-5-3-2-4-13(14)18/h2-9H,1H3,(H2,19,20,23). The minimum Gasteiger partial charge on any atom is -0.423 e. The van der Waals surface area contributed by atoms with Crippen LogP contribution in [0.5, 0.6) is 0 Å². The van der Waals surface area contributed by atoms with Gasteiger partial charge < -0.3 is 15.1 Å². The number of nitrogens with one attached hydrogen (secondary N) is 2. The molecule has 4 nitrogen and oxygen atoms in total. The summed E-state index contributed by atoms with van der Waals surface area (Å²) in [6, 6.07) is 14.3. The number of benzene rings is 2. The third-order valence-electron chi connectivity index (χ3n) is 3.33. The van der Waals surface area contributed by atoms with Gasteiger partial charge in [-0.3, -0.25) is 0 Å². The Hall–Kier alpha value is -2.37. The zero-order valence-electron chi connectivity index (χ0n) is 12.2. The molecule has 1 heterocycles. The minimum atomic E-state index is -0.371. The van der Waals surface area contributed by atoms with Gasteiger partial charge in [-0.15, -0.1) is 0 Å². The number of aryl methyl sites for hydroxylation is 1. The van der Waals surface area contributed by atoms with E-state index in [0.717, 1.165) is 22.3 Å². The van der Waals surface area contributed by atoms with Crippen LogP contribution in [0.15, 0.2) is 57.7 Å². The fraction of sp³-hybridized carbons (Fsp3) is 0.0588. The minimum absolute atomic E-state index is 0.371. The van der Waals surface area contributed by atoms with Crippen LogP contribution in [0, 0.1) is 6.92 Å². The first-order valence-corrected chi connectivity index (χ1v) is 7.68. The van der Waals surface area contributed by atoms with Crippen LogP contribution < -0.4 is 16.3 Å². The van der Waals surface area contributed by atoms with Gasteiger partial charge in [0.1, 0.15) is 5.58 Å². The first kappa shape index (κ1) is 15.5. The largest absolute Gasteiger partial charge is 0.423 e. The Morgan fingerprint density at radius 1 is 1.13 bits per heavy atom. The van der Waals surface area contributed by atoms with Crippen molar-refractivity contribution in [3.05, 3.63) is 69.5 Å². The average molecular weight is 345 g/mol. The summed E-state index contributed by atoms with van der Waals surface area (Å²) in [5.41, 5.74) is 2.45. The summed E-state index contributed by atoms with van der Waals surface area (Å²) in [5.74, 6) is 0. The number of halogens is 1. The molecule has 0 unspecified atom stereocenters. The maximum atomic E-state index is 11.5. The molecule has 0 aliphatic rings. The zero-order chi connectivity index (χ0) is 16.4. The lowest BCUT2D eigenvalue weighted by Gasteiger charge is -2.12. The van der Waals surface area contributed by atoms with Crippen molar-refractivity contribution in [3.63, 3.8) is 0 Å². The van der Waals surface area contributed by atoms with Crippen molar-refractivity contribution in [1.29, 1.82) is 0 Å². The van der Waals surface area contributed by atoms with Gasteiger partial charge >= 0.3 is 5.63 Å². The third kappa shape index (κ3) is 3.52. The molecule has 3 rings (SSSR count). The maximum absolute atomic E-state index is 11.5. The van der Waals surface area contributed by atoms with Crippen molar-refractivity contribution >= 4 is 51.3 Å². The van der Waals surface area contributed by atoms with E-state index in [0.29, 0.717) is 15.7 Å². The predicted molar refractivity (Wildman–Crippen MR) is 98.5 cm³/mol. The summed E-state index contributed by atoms with van der Waals surface area (Å²) in [7, 11) is 0. The molecular weight excluding hydrogens is 332 g/mol. The molecule has 0 spiro atoms. The molecule has 0 aliphatic heterocycles. The monoisotopic (exact) mass is 344 g/mol. The Labute approximate surface area is 143 Å². The Balaban J connectivity index is 1.83. The summed E-state index contributed by atoms with van der Waals surface area (Å²) < 4.78 is 5.22. The van der Waals surface area contributed by atoms with E-state index >= 15 is 0 Å². The lowest BCUT2D eigenvalue weighted by molar-refractivity contribution is 0.560. The van der Waals surface area contributed by atoms with Crippen LogP contribution in [0.25, 0.3) is 11.0 Å². The number of hydrogen-bond acceptors (Lipinski definition) is 3. The van der Waals surface area contributed by atoms with Crippen molar-refractivity contribution in [2.45, 2.75) is 6.92 Å². The first-order chi connectivity index (χ1) is 11.0. The third-order valence-corrected chi connectivity index (χ3v) is 3.86. The van der Waals surface area contributed by atoms with Gasteiger partial charge in [-0.1, -0.05) is 23.7 Å². The average Bonchev–Trinajstić information content (AvgIpc) is 2.49. The van der Waals surface area contributed by atoms with Gasteiger partial charge in [-0.05, 0) is 49.0 Å². The van der Waals surface area contributed by atoms with Crippen molar-refractivity contribution in [1.82, 2.24) is 0 Å². The quantitative estimate of drug-likeness (QED) is 0.527. The van der Waals surface area contributed by atoms with E-state index in [4.69, 9.17) is 28.2 Å². The van der Waals surface area contributed by atoms with Gasteiger partial charge in [0.15, 0.2) is 5.11 Å².